The maximum atomic E-state index is 13.2. The van der Waals surface area contributed by atoms with Crippen molar-refractivity contribution in [1.29, 1.82) is 0 Å². The Hall–Kier alpha value is -2.89. The van der Waals surface area contributed by atoms with Gasteiger partial charge in [-0.1, -0.05) is 18.2 Å². The SMILES string of the molecule is COc1cccc(-c2cccc([C@H]3CCCN(C(=O)C4CCN(C(C)=O)CC4)C3)n2)c1. The minimum Gasteiger partial charge on any atom is -0.497 e. The molecule has 2 aromatic rings. The van der Waals surface area contributed by atoms with Crippen LogP contribution >= 0.6 is 0 Å². The molecule has 2 saturated heterocycles. The zero-order valence-corrected chi connectivity index (χ0v) is 18.4. The van der Waals surface area contributed by atoms with E-state index in [2.05, 4.69) is 12.1 Å². The van der Waals surface area contributed by atoms with Gasteiger partial charge in [0, 0.05) is 56.2 Å². The Labute approximate surface area is 184 Å². The molecule has 31 heavy (non-hydrogen) atoms. The van der Waals surface area contributed by atoms with Crippen molar-refractivity contribution in [2.45, 2.75) is 38.5 Å². The standard InChI is InChI=1S/C25H31N3O3/c1-18(29)27-14-11-19(12-15-27)25(30)28-13-5-7-21(17-28)24-10-4-9-23(26-24)20-6-3-8-22(16-20)31-2/h3-4,6,8-10,16,19,21H,5,7,11-15,17H2,1-2H3/t21-/m0/s1. The largest absolute Gasteiger partial charge is 0.497 e. The molecule has 0 bridgehead atoms. The van der Waals surface area contributed by atoms with E-state index in [9.17, 15) is 9.59 Å². The molecule has 1 atom stereocenters. The Balaban J connectivity index is 1.44. The number of pyridine rings is 1. The molecule has 0 radical (unpaired) electrons. The van der Waals surface area contributed by atoms with E-state index in [0.29, 0.717) is 13.1 Å². The third-order valence-electron chi connectivity index (χ3n) is 6.58. The second kappa shape index (κ2) is 9.50. The highest BCUT2D eigenvalue weighted by molar-refractivity contribution is 5.80. The van der Waals surface area contributed by atoms with Crippen molar-refractivity contribution >= 4 is 11.8 Å². The summed E-state index contributed by atoms with van der Waals surface area (Å²) in [5.74, 6) is 1.45. The fraction of sp³-hybridized carbons (Fsp3) is 0.480. The number of rotatable bonds is 4. The summed E-state index contributed by atoms with van der Waals surface area (Å²) in [6.07, 6.45) is 3.57. The number of aromatic nitrogens is 1. The summed E-state index contributed by atoms with van der Waals surface area (Å²) >= 11 is 0. The number of benzene rings is 1. The van der Waals surface area contributed by atoms with Crippen molar-refractivity contribution in [3.63, 3.8) is 0 Å². The third-order valence-corrected chi connectivity index (χ3v) is 6.58. The molecular formula is C25H31N3O3. The van der Waals surface area contributed by atoms with Gasteiger partial charge >= 0.3 is 0 Å². The molecule has 0 N–H and O–H groups in total. The Morgan fingerprint density at radius 1 is 1.00 bits per heavy atom. The summed E-state index contributed by atoms with van der Waals surface area (Å²) < 4.78 is 5.35. The maximum absolute atomic E-state index is 13.2. The number of nitrogens with zero attached hydrogens (tertiary/aromatic N) is 3. The average molecular weight is 422 g/mol. The minimum atomic E-state index is 0.0328. The number of methoxy groups -OCH3 is 1. The summed E-state index contributed by atoms with van der Waals surface area (Å²) in [4.78, 5) is 33.5. The van der Waals surface area contributed by atoms with E-state index in [1.165, 1.54) is 0 Å². The van der Waals surface area contributed by atoms with E-state index in [1.807, 2.05) is 40.1 Å². The van der Waals surface area contributed by atoms with Crippen molar-refractivity contribution in [3.8, 4) is 17.0 Å². The Bertz CT molecular complexity index is 937. The first-order valence-electron chi connectivity index (χ1n) is 11.2. The van der Waals surface area contributed by atoms with Crippen LogP contribution in [0, 0.1) is 5.92 Å². The number of amides is 2. The number of likely N-dealkylation sites (tertiary alicyclic amines) is 2. The molecule has 0 unspecified atom stereocenters. The predicted octanol–water partition coefficient (Wildman–Crippen LogP) is 3.72. The molecule has 0 spiro atoms. The summed E-state index contributed by atoms with van der Waals surface area (Å²) in [6, 6.07) is 14.1. The van der Waals surface area contributed by atoms with Crippen LogP contribution in [0.2, 0.25) is 0 Å². The van der Waals surface area contributed by atoms with Crippen LogP contribution < -0.4 is 4.74 Å². The molecule has 6 heteroatoms. The predicted molar refractivity (Wildman–Crippen MR) is 120 cm³/mol. The highest BCUT2D eigenvalue weighted by Gasteiger charge is 2.32. The van der Waals surface area contributed by atoms with Crippen LogP contribution in [0.15, 0.2) is 42.5 Å². The monoisotopic (exact) mass is 421 g/mol. The van der Waals surface area contributed by atoms with Crippen LogP contribution in [0.25, 0.3) is 11.3 Å². The zero-order chi connectivity index (χ0) is 21.8. The van der Waals surface area contributed by atoms with E-state index in [1.54, 1.807) is 14.0 Å². The molecule has 3 heterocycles. The zero-order valence-electron chi connectivity index (χ0n) is 18.4. The highest BCUT2D eigenvalue weighted by Crippen LogP contribution is 2.30. The van der Waals surface area contributed by atoms with Gasteiger partial charge in [0.2, 0.25) is 11.8 Å². The lowest BCUT2D eigenvalue weighted by molar-refractivity contribution is -0.141. The van der Waals surface area contributed by atoms with Crippen LogP contribution in [0.4, 0.5) is 0 Å². The molecule has 4 rings (SSSR count). The van der Waals surface area contributed by atoms with Crippen LogP contribution in [-0.2, 0) is 9.59 Å². The van der Waals surface area contributed by atoms with E-state index >= 15 is 0 Å². The Morgan fingerprint density at radius 2 is 1.77 bits per heavy atom. The molecule has 1 aromatic carbocycles. The lowest BCUT2D eigenvalue weighted by Gasteiger charge is -2.37. The van der Waals surface area contributed by atoms with Gasteiger partial charge in [-0.2, -0.15) is 0 Å². The first-order chi connectivity index (χ1) is 15.0. The summed E-state index contributed by atoms with van der Waals surface area (Å²) in [5, 5.41) is 0. The van der Waals surface area contributed by atoms with Gasteiger partial charge in [0.25, 0.3) is 0 Å². The molecule has 1 aromatic heterocycles. The molecule has 2 aliphatic heterocycles. The Kier molecular flexibility index (Phi) is 6.54. The van der Waals surface area contributed by atoms with E-state index in [0.717, 1.165) is 61.5 Å². The molecular weight excluding hydrogens is 390 g/mol. The van der Waals surface area contributed by atoms with Crippen molar-refractivity contribution in [2.24, 2.45) is 5.92 Å². The third kappa shape index (κ3) is 4.89. The van der Waals surface area contributed by atoms with Crippen LogP contribution in [0.3, 0.4) is 0 Å². The van der Waals surface area contributed by atoms with Gasteiger partial charge in [0.1, 0.15) is 5.75 Å². The molecule has 6 nitrogen and oxygen atoms in total. The number of carbonyl (C=O) groups is 2. The van der Waals surface area contributed by atoms with Crippen molar-refractivity contribution < 1.29 is 14.3 Å². The minimum absolute atomic E-state index is 0.0328. The van der Waals surface area contributed by atoms with Gasteiger partial charge in [-0.3, -0.25) is 14.6 Å². The molecule has 2 fully saturated rings. The summed E-state index contributed by atoms with van der Waals surface area (Å²) in [6.45, 7) is 4.52. The first-order valence-corrected chi connectivity index (χ1v) is 11.2. The van der Waals surface area contributed by atoms with Gasteiger partial charge in [-0.25, -0.2) is 0 Å². The van der Waals surface area contributed by atoms with Crippen molar-refractivity contribution in [2.75, 3.05) is 33.3 Å². The topological polar surface area (TPSA) is 62.7 Å². The summed E-state index contributed by atoms with van der Waals surface area (Å²) in [5.41, 5.74) is 3.00. The summed E-state index contributed by atoms with van der Waals surface area (Å²) in [7, 11) is 1.67. The Morgan fingerprint density at radius 3 is 2.52 bits per heavy atom. The van der Waals surface area contributed by atoms with Gasteiger partial charge in [0.15, 0.2) is 0 Å². The molecule has 2 amide bonds. The van der Waals surface area contributed by atoms with Gasteiger partial charge < -0.3 is 14.5 Å². The smallest absolute Gasteiger partial charge is 0.225 e. The number of carbonyl (C=O) groups excluding carboxylic acids is 2. The van der Waals surface area contributed by atoms with E-state index < -0.39 is 0 Å². The molecule has 2 aliphatic rings. The lowest BCUT2D eigenvalue weighted by atomic mass is 9.90. The second-order valence-corrected chi connectivity index (χ2v) is 8.58. The van der Waals surface area contributed by atoms with Gasteiger partial charge in [-0.05, 0) is 49.9 Å². The molecule has 0 saturated carbocycles. The normalized spacial score (nSPS) is 19.9. The van der Waals surface area contributed by atoms with Crippen molar-refractivity contribution in [3.05, 3.63) is 48.2 Å². The van der Waals surface area contributed by atoms with E-state index in [-0.39, 0.29) is 23.7 Å². The maximum Gasteiger partial charge on any atom is 0.225 e. The molecule has 0 aliphatic carbocycles. The fourth-order valence-corrected chi connectivity index (χ4v) is 4.74. The lowest BCUT2D eigenvalue weighted by Crippen LogP contribution is -2.46. The van der Waals surface area contributed by atoms with Crippen molar-refractivity contribution in [1.82, 2.24) is 14.8 Å². The number of piperidine rings is 2. The van der Waals surface area contributed by atoms with Gasteiger partial charge in [0.05, 0.1) is 12.8 Å². The number of hydrogen-bond donors (Lipinski definition) is 0. The average Bonchev–Trinajstić information content (AvgIpc) is 2.84. The van der Waals surface area contributed by atoms with Crippen LogP contribution in [0.5, 0.6) is 5.75 Å². The van der Waals surface area contributed by atoms with Crippen LogP contribution in [-0.4, -0.2) is 59.9 Å². The quantitative estimate of drug-likeness (QED) is 0.755. The highest BCUT2D eigenvalue weighted by atomic mass is 16.5. The van der Waals surface area contributed by atoms with Gasteiger partial charge in [-0.15, -0.1) is 0 Å². The van der Waals surface area contributed by atoms with Crippen LogP contribution in [0.1, 0.15) is 44.2 Å². The number of ether oxygens (including phenoxy) is 1. The second-order valence-electron chi connectivity index (χ2n) is 8.58. The first kappa shape index (κ1) is 21.3. The number of hydrogen-bond acceptors (Lipinski definition) is 4. The molecule has 164 valence electrons. The van der Waals surface area contributed by atoms with E-state index in [4.69, 9.17) is 9.72 Å². The fourth-order valence-electron chi connectivity index (χ4n) is 4.74.